The maximum Gasteiger partial charge on any atom is 0.231 e. The highest BCUT2D eigenvalue weighted by molar-refractivity contribution is 6.18. The second-order valence-corrected chi connectivity index (χ2v) is 4.08. The summed E-state index contributed by atoms with van der Waals surface area (Å²) in [6.45, 7) is 0.964. The van der Waals surface area contributed by atoms with E-state index >= 15 is 0 Å². The van der Waals surface area contributed by atoms with Crippen molar-refractivity contribution >= 4 is 28.2 Å². The van der Waals surface area contributed by atoms with Gasteiger partial charge in [0.25, 0.3) is 0 Å². The monoisotopic (exact) mass is 250 g/mol. The number of nitrogens with zero attached hydrogens (tertiary/aromatic N) is 1. The third-order valence-corrected chi connectivity index (χ3v) is 2.83. The number of halogens is 1. The van der Waals surface area contributed by atoms with E-state index in [0.29, 0.717) is 12.4 Å². The third kappa shape index (κ3) is 1.85. The number of pyridine rings is 1. The zero-order chi connectivity index (χ0) is 11.7. The molecule has 0 atom stereocenters. The smallest absolute Gasteiger partial charge is 0.231 e. The minimum atomic E-state index is 0.281. The molecule has 0 radical (unpaired) electrons. The van der Waals surface area contributed by atoms with Crippen LogP contribution in [0.15, 0.2) is 24.4 Å². The minimum absolute atomic E-state index is 0.281. The van der Waals surface area contributed by atoms with Crippen LogP contribution in [0.4, 0.5) is 5.82 Å². The lowest BCUT2D eigenvalue weighted by atomic mass is 10.1. The number of aromatic nitrogens is 1. The molecule has 0 amide bonds. The van der Waals surface area contributed by atoms with Gasteiger partial charge in [-0.3, -0.25) is 0 Å². The number of alkyl halides is 1. The van der Waals surface area contributed by atoms with Gasteiger partial charge in [-0.2, -0.15) is 0 Å². The van der Waals surface area contributed by atoms with Gasteiger partial charge in [-0.1, -0.05) is 0 Å². The van der Waals surface area contributed by atoms with Gasteiger partial charge in [-0.15, -0.1) is 11.6 Å². The summed E-state index contributed by atoms with van der Waals surface area (Å²) in [6.07, 6.45) is 1.76. The Hall–Kier alpha value is -1.68. The second kappa shape index (κ2) is 4.30. The SMILES string of the molecule is ClCCNc1nccc2cc3c(cc12)OCO3. The average molecular weight is 251 g/mol. The maximum atomic E-state index is 5.66. The van der Waals surface area contributed by atoms with Crippen LogP contribution in [0.2, 0.25) is 0 Å². The number of nitrogens with one attached hydrogen (secondary N) is 1. The Morgan fingerprint density at radius 2 is 2.12 bits per heavy atom. The van der Waals surface area contributed by atoms with Crippen molar-refractivity contribution in [2.24, 2.45) is 0 Å². The molecular formula is C12H11ClN2O2. The average Bonchev–Trinajstić information content (AvgIpc) is 2.80. The number of rotatable bonds is 3. The van der Waals surface area contributed by atoms with E-state index in [9.17, 15) is 0 Å². The number of benzene rings is 1. The van der Waals surface area contributed by atoms with E-state index < -0.39 is 0 Å². The van der Waals surface area contributed by atoms with Crippen molar-refractivity contribution in [2.45, 2.75) is 0 Å². The van der Waals surface area contributed by atoms with Crippen LogP contribution < -0.4 is 14.8 Å². The zero-order valence-corrected chi connectivity index (χ0v) is 9.83. The summed E-state index contributed by atoms with van der Waals surface area (Å²) >= 11 is 5.66. The van der Waals surface area contributed by atoms with Crippen molar-refractivity contribution in [1.29, 1.82) is 0 Å². The molecule has 3 rings (SSSR count). The molecule has 1 aliphatic rings. The number of anilines is 1. The second-order valence-electron chi connectivity index (χ2n) is 3.70. The van der Waals surface area contributed by atoms with E-state index in [1.165, 1.54) is 0 Å². The van der Waals surface area contributed by atoms with Crippen molar-refractivity contribution in [2.75, 3.05) is 24.5 Å². The molecule has 1 aliphatic heterocycles. The molecule has 1 N–H and O–H groups in total. The fraction of sp³-hybridized carbons (Fsp3) is 0.250. The van der Waals surface area contributed by atoms with Crippen molar-refractivity contribution in [3.05, 3.63) is 24.4 Å². The highest BCUT2D eigenvalue weighted by Crippen LogP contribution is 2.37. The standard InChI is InChI=1S/C12H11ClN2O2/c13-2-4-15-12-9-6-11-10(16-7-17-11)5-8(9)1-3-14-12/h1,3,5-6H,2,4,7H2,(H,14,15). The van der Waals surface area contributed by atoms with Gasteiger partial charge in [-0.25, -0.2) is 4.98 Å². The minimum Gasteiger partial charge on any atom is -0.454 e. The summed E-state index contributed by atoms with van der Waals surface area (Å²) in [6, 6.07) is 5.86. The normalized spacial score (nSPS) is 13.0. The summed E-state index contributed by atoms with van der Waals surface area (Å²) in [7, 11) is 0. The molecule has 0 saturated carbocycles. The summed E-state index contributed by atoms with van der Waals surface area (Å²) in [4.78, 5) is 4.30. The van der Waals surface area contributed by atoms with E-state index in [1.54, 1.807) is 6.20 Å². The van der Waals surface area contributed by atoms with Crippen LogP contribution >= 0.6 is 11.6 Å². The van der Waals surface area contributed by atoms with Crippen LogP contribution in [-0.4, -0.2) is 24.2 Å². The molecule has 2 heterocycles. The maximum absolute atomic E-state index is 5.66. The number of hydrogen-bond acceptors (Lipinski definition) is 4. The van der Waals surface area contributed by atoms with Gasteiger partial charge in [0.15, 0.2) is 11.5 Å². The highest BCUT2D eigenvalue weighted by Gasteiger charge is 2.15. The summed E-state index contributed by atoms with van der Waals surface area (Å²) in [5.74, 6) is 2.91. The van der Waals surface area contributed by atoms with Gasteiger partial charge in [0, 0.05) is 24.0 Å². The molecule has 4 nitrogen and oxygen atoms in total. The van der Waals surface area contributed by atoms with E-state index in [4.69, 9.17) is 21.1 Å². The number of fused-ring (bicyclic) bond motifs is 2. The lowest BCUT2D eigenvalue weighted by Crippen LogP contribution is -2.04. The number of ether oxygens (including phenoxy) is 2. The lowest BCUT2D eigenvalue weighted by Gasteiger charge is -2.08. The predicted molar refractivity (Wildman–Crippen MR) is 67.1 cm³/mol. The topological polar surface area (TPSA) is 43.4 Å². The van der Waals surface area contributed by atoms with Gasteiger partial charge < -0.3 is 14.8 Å². The van der Waals surface area contributed by atoms with Crippen molar-refractivity contribution in [3.8, 4) is 11.5 Å². The van der Waals surface area contributed by atoms with Gasteiger partial charge in [-0.05, 0) is 23.6 Å². The highest BCUT2D eigenvalue weighted by atomic mass is 35.5. The first-order chi connectivity index (χ1) is 8.38. The summed E-state index contributed by atoms with van der Waals surface area (Å²) in [5, 5.41) is 5.28. The molecule has 5 heteroatoms. The molecule has 88 valence electrons. The van der Waals surface area contributed by atoms with Crippen molar-refractivity contribution < 1.29 is 9.47 Å². The molecular weight excluding hydrogens is 240 g/mol. The fourth-order valence-corrected chi connectivity index (χ4v) is 1.96. The molecule has 0 aliphatic carbocycles. The Kier molecular flexibility index (Phi) is 2.65. The molecule has 17 heavy (non-hydrogen) atoms. The number of hydrogen-bond donors (Lipinski definition) is 1. The van der Waals surface area contributed by atoms with Crippen LogP contribution in [0.5, 0.6) is 11.5 Å². The quantitative estimate of drug-likeness (QED) is 0.851. The summed E-state index contributed by atoms with van der Waals surface area (Å²) in [5.41, 5.74) is 0. The first kappa shape index (κ1) is 10.5. The molecule has 1 aromatic heterocycles. The molecule has 0 fully saturated rings. The van der Waals surface area contributed by atoms with Gasteiger partial charge in [0.1, 0.15) is 5.82 Å². The fourth-order valence-electron chi connectivity index (χ4n) is 1.87. The Labute approximate surface area is 104 Å². The lowest BCUT2D eigenvalue weighted by molar-refractivity contribution is 0.174. The van der Waals surface area contributed by atoms with Crippen molar-refractivity contribution in [3.63, 3.8) is 0 Å². The Balaban J connectivity index is 2.11. The first-order valence-corrected chi connectivity index (χ1v) is 5.90. The molecule has 0 unspecified atom stereocenters. The Morgan fingerprint density at radius 3 is 2.94 bits per heavy atom. The molecule has 0 saturated heterocycles. The van der Waals surface area contributed by atoms with Crippen LogP contribution in [0.25, 0.3) is 10.8 Å². The van der Waals surface area contributed by atoms with Crippen LogP contribution in [0.1, 0.15) is 0 Å². The van der Waals surface area contributed by atoms with Crippen LogP contribution in [-0.2, 0) is 0 Å². The van der Waals surface area contributed by atoms with Gasteiger partial charge >= 0.3 is 0 Å². The van der Waals surface area contributed by atoms with Gasteiger partial charge in [0.2, 0.25) is 6.79 Å². The molecule has 0 bridgehead atoms. The Morgan fingerprint density at radius 1 is 1.29 bits per heavy atom. The third-order valence-electron chi connectivity index (χ3n) is 2.64. The van der Waals surface area contributed by atoms with Crippen molar-refractivity contribution in [1.82, 2.24) is 4.98 Å². The van der Waals surface area contributed by atoms with E-state index in [2.05, 4.69) is 10.3 Å². The van der Waals surface area contributed by atoms with E-state index in [1.807, 2.05) is 18.2 Å². The van der Waals surface area contributed by atoms with Gasteiger partial charge in [0.05, 0.1) is 0 Å². The predicted octanol–water partition coefficient (Wildman–Crippen LogP) is 2.61. The first-order valence-electron chi connectivity index (χ1n) is 5.36. The van der Waals surface area contributed by atoms with Crippen LogP contribution in [0, 0.1) is 0 Å². The molecule has 2 aromatic rings. The zero-order valence-electron chi connectivity index (χ0n) is 9.07. The van der Waals surface area contributed by atoms with E-state index in [-0.39, 0.29) is 6.79 Å². The Bertz CT molecular complexity index is 559. The van der Waals surface area contributed by atoms with E-state index in [0.717, 1.165) is 28.1 Å². The molecule has 1 aromatic carbocycles. The molecule has 0 spiro atoms. The largest absolute Gasteiger partial charge is 0.454 e. The van der Waals surface area contributed by atoms with Crippen LogP contribution in [0.3, 0.4) is 0 Å². The summed E-state index contributed by atoms with van der Waals surface area (Å²) < 4.78 is 10.7.